The van der Waals surface area contributed by atoms with Crippen LogP contribution in [0, 0.1) is 13.8 Å². The van der Waals surface area contributed by atoms with Crippen molar-refractivity contribution < 1.29 is 23.9 Å². The average Bonchev–Trinajstić information content (AvgIpc) is 2.90. The summed E-state index contributed by atoms with van der Waals surface area (Å²) in [4.78, 5) is 43.1. The fourth-order valence-corrected chi connectivity index (χ4v) is 3.12. The molecule has 26 heavy (non-hydrogen) atoms. The van der Waals surface area contributed by atoms with Crippen LogP contribution in [0.2, 0.25) is 0 Å². The van der Waals surface area contributed by atoms with E-state index in [0.29, 0.717) is 55.3 Å². The van der Waals surface area contributed by atoms with Crippen LogP contribution in [0.25, 0.3) is 0 Å². The molecule has 0 aromatic carbocycles. The van der Waals surface area contributed by atoms with Gasteiger partial charge in [-0.25, -0.2) is 9.59 Å². The molecule has 1 amide bonds. The number of H-pyrrole nitrogens is 1. The Morgan fingerprint density at radius 3 is 2.19 bits per heavy atom. The molecule has 0 aliphatic carbocycles. The number of hydrogen-bond acceptors (Lipinski definition) is 6. The molecule has 1 aliphatic rings. The summed E-state index contributed by atoms with van der Waals surface area (Å²) in [6.07, 6.45) is -0.312. The van der Waals surface area contributed by atoms with Crippen LogP contribution in [-0.4, -0.2) is 78.6 Å². The van der Waals surface area contributed by atoms with E-state index in [2.05, 4.69) is 4.98 Å². The Hall–Kier alpha value is -2.35. The van der Waals surface area contributed by atoms with Crippen molar-refractivity contribution in [1.29, 1.82) is 0 Å². The van der Waals surface area contributed by atoms with Crippen LogP contribution in [0.4, 0.5) is 4.79 Å². The largest absolute Gasteiger partial charge is 0.462 e. The van der Waals surface area contributed by atoms with Crippen molar-refractivity contribution in [3.63, 3.8) is 0 Å². The summed E-state index contributed by atoms with van der Waals surface area (Å²) in [5.74, 6) is -0.494. The molecule has 1 saturated heterocycles. The van der Waals surface area contributed by atoms with E-state index in [9.17, 15) is 14.4 Å². The van der Waals surface area contributed by atoms with E-state index < -0.39 is 5.97 Å². The Bertz CT molecular complexity index is 675. The first-order valence-corrected chi connectivity index (χ1v) is 8.92. The summed E-state index contributed by atoms with van der Waals surface area (Å²) < 4.78 is 10.1. The second-order valence-electron chi connectivity index (χ2n) is 6.23. The van der Waals surface area contributed by atoms with Crippen molar-refractivity contribution >= 4 is 17.8 Å². The summed E-state index contributed by atoms with van der Waals surface area (Å²) in [5.41, 5.74) is 2.13. The second-order valence-corrected chi connectivity index (χ2v) is 6.23. The molecule has 0 spiro atoms. The average molecular weight is 365 g/mol. The van der Waals surface area contributed by atoms with Crippen LogP contribution in [-0.2, 0) is 9.47 Å². The molecule has 0 bridgehead atoms. The molecule has 0 saturated carbocycles. The number of ketones is 1. The normalized spacial score (nSPS) is 15.0. The first-order valence-electron chi connectivity index (χ1n) is 8.92. The standard InChI is InChI=1S/C18H27N3O5/c1-5-25-17(23)15-12(3)16(19-13(15)4)14(22)11-20-7-9-21(10-8-20)18(24)26-6-2/h19H,5-11H2,1-4H3. The van der Waals surface area contributed by atoms with Gasteiger partial charge in [0.1, 0.15) is 0 Å². The molecule has 1 aromatic heterocycles. The van der Waals surface area contributed by atoms with Gasteiger partial charge in [0.2, 0.25) is 0 Å². The monoisotopic (exact) mass is 365 g/mol. The van der Waals surface area contributed by atoms with E-state index >= 15 is 0 Å². The maximum Gasteiger partial charge on any atom is 0.409 e. The fourth-order valence-electron chi connectivity index (χ4n) is 3.12. The first kappa shape index (κ1) is 20.0. The molecule has 8 heteroatoms. The quantitative estimate of drug-likeness (QED) is 0.610. The molecule has 8 nitrogen and oxygen atoms in total. The summed E-state index contributed by atoms with van der Waals surface area (Å²) >= 11 is 0. The van der Waals surface area contributed by atoms with Crippen LogP contribution in [0.1, 0.15) is 46.0 Å². The number of nitrogens with zero attached hydrogens (tertiary/aromatic N) is 2. The van der Waals surface area contributed by atoms with Gasteiger partial charge in [0.05, 0.1) is 31.0 Å². The Labute approximate surface area is 153 Å². The number of Topliss-reactive ketones (excluding diaryl/α,β-unsaturated/α-hetero) is 1. The third-order valence-corrected chi connectivity index (χ3v) is 4.46. The molecule has 2 rings (SSSR count). The number of carbonyl (C=O) groups excluding carboxylic acids is 3. The van der Waals surface area contributed by atoms with Gasteiger partial charge in [-0.05, 0) is 33.3 Å². The number of amides is 1. The SMILES string of the molecule is CCOC(=O)c1c(C)[nH]c(C(=O)CN2CCN(C(=O)OCC)CC2)c1C. The van der Waals surface area contributed by atoms with Crippen LogP contribution >= 0.6 is 0 Å². The Balaban J connectivity index is 1.98. The second kappa shape index (κ2) is 8.84. The number of hydrogen-bond donors (Lipinski definition) is 1. The number of rotatable bonds is 6. The van der Waals surface area contributed by atoms with Gasteiger partial charge in [-0.3, -0.25) is 9.69 Å². The van der Waals surface area contributed by atoms with Crippen LogP contribution in [0.5, 0.6) is 0 Å². The zero-order chi connectivity index (χ0) is 19.3. The number of ether oxygens (including phenoxy) is 2. The van der Waals surface area contributed by atoms with Gasteiger partial charge in [0.25, 0.3) is 0 Å². The molecule has 2 heterocycles. The lowest BCUT2D eigenvalue weighted by Gasteiger charge is -2.33. The number of aryl methyl sites for hydroxylation is 1. The molecule has 0 atom stereocenters. The van der Waals surface area contributed by atoms with Gasteiger partial charge in [-0.1, -0.05) is 0 Å². The van der Waals surface area contributed by atoms with Crippen molar-refractivity contribution in [2.24, 2.45) is 0 Å². The maximum atomic E-state index is 12.7. The lowest BCUT2D eigenvalue weighted by Crippen LogP contribution is -2.50. The van der Waals surface area contributed by atoms with Gasteiger partial charge in [-0.2, -0.15) is 0 Å². The van der Waals surface area contributed by atoms with Crippen LogP contribution in [0.15, 0.2) is 0 Å². The minimum absolute atomic E-state index is 0.0780. The lowest BCUT2D eigenvalue weighted by atomic mass is 10.1. The smallest absolute Gasteiger partial charge is 0.409 e. The summed E-state index contributed by atoms with van der Waals surface area (Å²) in [7, 11) is 0. The van der Waals surface area contributed by atoms with Gasteiger partial charge < -0.3 is 19.4 Å². The van der Waals surface area contributed by atoms with E-state index in [1.54, 1.807) is 32.6 Å². The minimum atomic E-state index is -0.416. The van der Waals surface area contributed by atoms with Crippen molar-refractivity contribution in [3.8, 4) is 0 Å². The van der Waals surface area contributed by atoms with E-state index in [-0.39, 0.29) is 25.0 Å². The van der Waals surface area contributed by atoms with E-state index in [0.717, 1.165) is 0 Å². The zero-order valence-corrected chi connectivity index (χ0v) is 15.9. The Morgan fingerprint density at radius 2 is 1.62 bits per heavy atom. The fraction of sp³-hybridized carbons (Fsp3) is 0.611. The number of aromatic nitrogens is 1. The molecule has 1 aliphatic heterocycles. The summed E-state index contributed by atoms with van der Waals surface area (Å²) in [6, 6.07) is 0. The predicted octanol–water partition coefficient (Wildman–Crippen LogP) is 1.77. The minimum Gasteiger partial charge on any atom is -0.462 e. The number of nitrogens with one attached hydrogen (secondary N) is 1. The van der Waals surface area contributed by atoms with Crippen LogP contribution < -0.4 is 0 Å². The molecule has 0 unspecified atom stereocenters. The number of piperazine rings is 1. The summed E-state index contributed by atoms with van der Waals surface area (Å²) in [5, 5.41) is 0. The highest BCUT2D eigenvalue weighted by atomic mass is 16.6. The zero-order valence-electron chi connectivity index (χ0n) is 15.9. The molecule has 1 aromatic rings. The van der Waals surface area contributed by atoms with E-state index in [1.807, 2.05) is 4.90 Å². The molecule has 1 N–H and O–H groups in total. The highest BCUT2D eigenvalue weighted by Crippen LogP contribution is 2.20. The summed E-state index contributed by atoms with van der Waals surface area (Å²) in [6.45, 7) is 10.2. The molecule has 144 valence electrons. The van der Waals surface area contributed by atoms with E-state index in [1.165, 1.54) is 0 Å². The Morgan fingerprint density at radius 1 is 1.00 bits per heavy atom. The van der Waals surface area contributed by atoms with Gasteiger partial charge in [-0.15, -0.1) is 0 Å². The van der Waals surface area contributed by atoms with Gasteiger partial charge in [0.15, 0.2) is 5.78 Å². The predicted molar refractivity (Wildman–Crippen MR) is 95.6 cm³/mol. The van der Waals surface area contributed by atoms with Crippen LogP contribution in [0.3, 0.4) is 0 Å². The topological polar surface area (TPSA) is 91.9 Å². The van der Waals surface area contributed by atoms with Crippen molar-refractivity contribution in [1.82, 2.24) is 14.8 Å². The molecular formula is C18H27N3O5. The maximum absolute atomic E-state index is 12.7. The number of carbonyl (C=O) groups is 3. The first-order chi connectivity index (χ1) is 12.4. The highest BCUT2D eigenvalue weighted by molar-refractivity contribution is 6.02. The van der Waals surface area contributed by atoms with Crippen molar-refractivity contribution in [3.05, 3.63) is 22.5 Å². The van der Waals surface area contributed by atoms with Gasteiger partial charge >= 0.3 is 12.1 Å². The third-order valence-electron chi connectivity index (χ3n) is 4.46. The highest BCUT2D eigenvalue weighted by Gasteiger charge is 2.26. The number of esters is 1. The lowest BCUT2D eigenvalue weighted by molar-refractivity contribution is 0.0524. The Kier molecular flexibility index (Phi) is 6.79. The van der Waals surface area contributed by atoms with Gasteiger partial charge in [0, 0.05) is 31.9 Å². The van der Waals surface area contributed by atoms with Crippen molar-refractivity contribution in [2.75, 3.05) is 45.9 Å². The van der Waals surface area contributed by atoms with Crippen molar-refractivity contribution in [2.45, 2.75) is 27.7 Å². The number of aromatic amines is 1. The third kappa shape index (κ3) is 4.43. The molecular weight excluding hydrogens is 338 g/mol. The van der Waals surface area contributed by atoms with E-state index in [4.69, 9.17) is 9.47 Å². The molecule has 1 fully saturated rings. The molecule has 0 radical (unpaired) electrons.